The Bertz CT molecular complexity index is 607. The van der Waals surface area contributed by atoms with Crippen molar-refractivity contribution in [1.29, 1.82) is 0 Å². The van der Waals surface area contributed by atoms with Gasteiger partial charge in [0.15, 0.2) is 0 Å². The number of nitrogens with zero attached hydrogens (tertiary/aromatic N) is 1. The van der Waals surface area contributed by atoms with Gasteiger partial charge in [-0.25, -0.2) is 0 Å². The van der Waals surface area contributed by atoms with E-state index in [0.717, 1.165) is 17.3 Å². The number of hydrogen-bond donors (Lipinski definition) is 2. The van der Waals surface area contributed by atoms with E-state index in [2.05, 4.69) is 10.3 Å². The van der Waals surface area contributed by atoms with Crippen LogP contribution in [0.5, 0.6) is 0 Å². The third-order valence-electron chi connectivity index (χ3n) is 2.78. The van der Waals surface area contributed by atoms with E-state index in [1.54, 1.807) is 12.3 Å². The standard InChI is InChI=1S/C14H15N3OS/c15-13(19)7-3-9-17-14(18)11-4-1-6-12-10(11)5-2-8-16-12/h1-2,4-6,8H,3,7,9H2,(H2,15,19)(H,17,18). The monoisotopic (exact) mass is 273 g/mol. The van der Waals surface area contributed by atoms with Crippen LogP contribution in [0.2, 0.25) is 0 Å². The van der Waals surface area contributed by atoms with E-state index >= 15 is 0 Å². The number of nitrogens with two attached hydrogens (primary N) is 1. The third kappa shape index (κ3) is 3.48. The molecule has 98 valence electrons. The van der Waals surface area contributed by atoms with Gasteiger partial charge >= 0.3 is 0 Å². The second kappa shape index (κ2) is 6.24. The second-order valence-corrected chi connectivity index (χ2v) is 4.73. The molecule has 0 spiro atoms. The van der Waals surface area contributed by atoms with Gasteiger partial charge in [-0.3, -0.25) is 9.78 Å². The van der Waals surface area contributed by atoms with E-state index in [1.165, 1.54) is 0 Å². The average Bonchev–Trinajstić information content (AvgIpc) is 2.42. The Kier molecular flexibility index (Phi) is 4.41. The first-order valence-corrected chi connectivity index (χ1v) is 6.49. The number of fused-ring (bicyclic) bond motifs is 1. The van der Waals surface area contributed by atoms with Crippen molar-refractivity contribution >= 4 is 34.0 Å². The number of rotatable bonds is 5. The van der Waals surface area contributed by atoms with Gasteiger partial charge in [0.25, 0.3) is 5.91 Å². The number of hydrogen-bond acceptors (Lipinski definition) is 3. The summed E-state index contributed by atoms with van der Waals surface area (Å²) >= 11 is 4.79. The largest absolute Gasteiger partial charge is 0.393 e. The molecule has 1 amide bonds. The van der Waals surface area contributed by atoms with Crippen molar-refractivity contribution in [2.45, 2.75) is 12.8 Å². The van der Waals surface area contributed by atoms with Crippen LogP contribution in [0, 0.1) is 0 Å². The van der Waals surface area contributed by atoms with Crippen LogP contribution < -0.4 is 11.1 Å². The lowest BCUT2D eigenvalue weighted by Crippen LogP contribution is -2.25. The number of thiocarbonyl (C=S) groups is 1. The maximum absolute atomic E-state index is 12.1. The summed E-state index contributed by atoms with van der Waals surface area (Å²) in [6.45, 7) is 0.562. The number of benzene rings is 1. The van der Waals surface area contributed by atoms with E-state index in [0.29, 0.717) is 23.5 Å². The lowest BCUT2D eigenvalue weighted by molar-refractivity contribution is 0.0955. The summed E-state index contributed by atoms with van der Waals surface area (Å²) in [6.07, 6.45) is 3.11. The Morgan fingerprint density at radius 1 is 1.32 bits per heavy atom. The fraction of sp³-hybridized carbons (Fsp3) is 0.214. The number of pyridine rings is 1. The first-order valence-electron chi connectivity index (χ1n) is 6.09. The summed E-state index contributed by atoms with van der Waals surface area (Å²) in [5, 5.41) is 3.72. The first-order chi connectivity index (χ1) is 9.18. The summed E-state index contributed by atoms with van der Waals surface area (Å²) in [7, 11) is 0. The molecule has 1 aromatic carbocycles. The summed E-state index contributed by atoms with van der Waals surface area (Å²) in [5.41, 5.74) is 6.86. The molecule has 0 aliphatic carbocycles. The average molecular weight is 273 g/mol. The number of aromatic nitrogens is 1. The summed E-state index contributed by atoms with van der Waals surface area (Å²) < 4.78 is 0. The Morgan fingerprint density at radius 3 is 2.95 bits per heavy atom. The topological polar surface area (TPSA) is 68.0 Å². The molecule has 0 unspecified atom stereocenters. The van der Waals surface area contributed by atoms with Gasteiger partial charge < -0.3 is 11.1 Å². The maximum atomic E-state index is 12.1. The summed E-state index contributed by atoms with van der Waals surface area (Å²) in [5.74, 6) is -0.0958. The Balaban J connectivity index is 2.07. The predicted molar refractivity (Wildman–Crippen MR) is 80.1 cm³/mol. The number of carbonyl (C=O) groups excluding carboxylic acids is 1. The maximum Gasteiger partial charge on any atom is 0.251 e. The molecule has 3 N–H and O–H groups in total. The SMILES string of the molecule is NC(=S)CCCNC(=O)c1cccc2ncccc12. The highest BCUT2D eigenvalue weighted by atomic mass is 32.1. The van der Waals surface area contributed by atoms with E-state index in [9.17, 15) is 4.79 Å². The summed E-state index contributed by atoms with van der Waals surface area (Å²) in [6, 6.07) is 9.24. The Labute approximate surface area is 117 Å². The van der Waals surface area contributed by atoms with Gasteiger partial charge in [-0.05, 0) is 31.0 Å². The molecule has 0 radical (unpaired) electrons. The molecule has 2 rings (SSSR count). The highest BCUT2D eigenvalue weighted by Gasteiger charge is 2.09. The van der Waals surface area contributed by atoms with E-state index < -0.39 is 0 Å². The van der Waals surface area contributed by atoms with Crippen LogP contribution in [-0.4, -0.2) is 22.4 Å². The van der Waals surface area contributed by atoms with Crippen molar-refractivity contribution in [3.63, 3.8) is 0 Å². The highest BCUT2D eigenvalue weighted by Crippen LogP contribution is 2.16. The number of nitrogens with one attached hydrogen (secondary N) is 1. The van der Waals surface area contributed by atoms with Crippen molar-refractivity contribution in [2.75, 3.05) is 6.54 Å². The fourth-order valence-corrected chi connectivity index (χ4v) is 2.01. The molecule has 0 saturated heterocycles. The van der Waals surface area contributed by atoms with Crippen molar-refractivity contribution < 1.29 is 4.79 Å². The molecule has 5 heteroatoms. The molecule has 0 bridgehead atoms. The Hall–Kier alpha value is -2.01. The highest BCUT2D eigenvalue weighted by molar-refractivity contribution is 7.80. The molecule has 0 aliphatic rings. The van der Waals surface area contributed by atoms with E-state index in [-0.39, 0.29) is 5.91 Å². The van der Waals surface area contributed by atoms with Crippen LogP contribution in [0.3, 0.4) is 0 Å². The van der Waals surface area contributed by atoms with E-state index in [1.807, 2.05) is 24.3 Å². The molecular formula is C14H15N3OS. The first kappa shape index (κ1) is 13.4. The molecule has 4 nitrogen and oxygen atoms in total. The molecule has 19 heavy (non-hydrogen) atoms. The molecule has 0 fully saturated rings. The minimum Gasteiger partial charge on any atom is -0.393 e. The minimum atomic E-state index is -0.0958. The molecule has 1 aromatic heterocycles. The van der Waals surface area contributed by atoms with Crippen molar-refractivity contribution in [1.82, 2.24) is 10.3 Å². The van der Waals surface area contributed by atoms with Crippen LogP contribution in [0.1, 0.15) is 23.2 Å². The summed E-state index contributed by atoms with van der Waals surface area (Å²) in [4.78, 5) is 16.8. The van der Waals surface area contributed by atoms with E-state index in [4.69, 9.17) is 18.0 Å². The van der Waals surface area contributed by atoms with Crippen LogP contribution in [0.4, 0.5) is 0 Å². The second-order valence-electron chi connectivity index (χ2n) is 4.20. The van der Waals surface area contributed by atoms with Crippen LogP contribution in [-0.2, 0) is 0 Å². The molecule has 0 saturated carbocycles. The van der Waals surface area contributed by atoms with Crippen LogP contribution >= 0.6 is 12.2 Å². The van der Waals surface area contributed by atoms with Crippen LogP contribution in [0.25, 0.3) is 10.9 Å². The van der Waals surface area contributed by atoms with Crippen molar-refractivity contribution in [3.8, 4) is 0 Å². The van der Waals surface area contributed by atoms with Crippen LogP contribution in [0.15, 0.2) is 36.5 Å². The van der Waals surface area contributed by atoms with Gasteiger partial charge in [-0.15, -0.1) is 0 Å². The predicted octanol–water partition coefficient (Wildman–Crippen LogP) is 2.03. The number of amides is 1. The normalized spacial score (nSPS) is 10.3. The molecule has 0 atom stereocenters. The van der Waals surface area contributed by atoms with Gasteiger partial charge in [-0.1, -0.05) is 24.4 Å². The van der Waals surface area contributed by atoms with Crippen molar-refractivity contribution in [2.24, 2.45) is 5.73 Å². The molecule has 0 aliphatic heterocycles. The van der Waals surface area contributed by atoms with Gasteiger partial charge in [-0.2, -0.15) is 0 Å². The van der Waals surface area contributed by atoms with Gasteiger partial charge in [0.1, 0.15) is 0 Å². The third-order valence-corrected chi connectivity index (χ3v) is 2.98. The Morgan fingerprint density at radius 2 is 2.16 bits per heavy atom. The smallest absolute Gasteiger partial charge is 0.251 e. The van der Waals surface area contributed by atoms with Gasteiger partial charge in [0.05, 0.1) is 10.5 Å². The zero-order valence-electron chi connectivity index (χ0n) is 10.4. The molecule has 2 aromatic rings. The minimum absolute atomic E-state index is 0.0958. The quantitative estimate of drug-likeness (QED) is 0.646. The number of carbonyl (C=O) groups is 1. The van der Waals surface area contributed by atoms with Crippen molar-refractivity contribution in [3.05, 3.63) is 42.1 Å². The molecular weight excluding hydrogens is 258 g/mol. The van der Waals surface area contributed by atoms with Gasteiger partial charge in [0.2, 0.25) is 0 Å². The lowest BCUT2D eigenvalue weighted by Gasteiger charge is -2.07. The van der Waals surface area contributed by atoms with Gasteiger partial charge in [0, 0.05) is 23.7 Å². The lowest BCUT2D eigenvalue weighted by atomic mass is 10.1. The molecule has 1 heterocycles. The zero-order valence-corrected chi connectivity index (χ0v) is 11.2. The fourth-order valence-electron chi connectivity index (χ4n) is 1.86. The zero-order chi connectivity index (χ0) is 13.7.